The van der Waals surface area contributed by atoms with Crippen molar-refractivity contribution in [1.82, 2.24) is 10.3 Å². The number of carboxylic acid groups (broad SMARTS) is 1. The van der Waals surface area contributed by atoms with Crippen LogP contribution in [0.2, 0.25) is 0 Å². The van der Waals surface area contributed by atoms with Crippen LogP contribution in [-0.4, -0.2) is 16.1 Å². The molecule has 1 aromatic heterocycles. The van der Waals surface area contributed by atoms with Gasteiger partial charge in [-0.05, 0) is 23.3 Å². The molecule has 0 aliphatic rings. The zero-order valence-electron chi connectivity index (χ0n) is 11.4. The van der Waals surface area contributed by atoms with Crippen LogP contribution < -0.4 is 5.32 Å². The third-order valence-electron chi connectivity index (χ3n) is 3.56. The minimum absolute atomic E-state index is 0.501. The van der Waals surface area contributed by atoms with E-state index in [0.717, 1.165) is 22.0 Å². The number of hydrogen-bond acceptors (Lipinski definition) is 2. The zero-order valence-corrected chi connectivity index (χ0v) is 11.4. The number of hydrogen-bond donors (Lipinski definition) is 3. The van der Waals surface area contributed by atoms with E-state index in [0.29, 0.717) is 6.54 Å². The van der Waals surface area contributed by atoms with Crippen molar-refractivity contribution in [3.05, 3.63) is 71.9 Å². The first-order valence-electron chi connectivity index (χ1n) is 6.82. The maximum absolute atomic E-state index is 11.5. The fourth-order valence-corrected chi connectivity index (χ4v) is 2.51. The second-order valence-corrected chi connectivity index (χ2v) is 4.92. The molecule has 3 N–H and O–H groups in total. The summed E-state index contributed by atoms with van der Waals surface area (Å²) in [6.45, 7) is 0.501. The smallest absolute Gasteiger partial charge is 0.325 e. The second kappa shape index (κ2) is 5.81. The van der Waals surface area contributed by atoms with Gasteiger partial charge in [-0.2, -0.15) is 0 Å². The topological polar surface area (TPSA) is 65.1 Å². The standard InChI is InChI=1S/C17H16N2O2/c20-17(21)16(12-5-2-1-3-6-12)19-11-13-7-4-8-15-14(13)9-10-18-15/h1-10,16,18-19H,11H2,(H,20,21). The van der Waals surface area contributed by atoms with Gasteiger partial charge in [0.15, 0.2) is 0 Å². The maximum Gasteiger partial charge on any atom is 0.325 e. The van der Waals surface area contributed by atoms with Crippen molar-refractivity contribution in [1.29, 1.82) is 0 Å². The summed E-state index contributed by atoms with van der Waals surface area (Å²) in [5.41, 5.74) is 2.89. The van der Waals surface area contributed by atoms with E-state index in [4.69, 9.17) is 0 Å². The van der Waals surface area contributed by atoms with Gasteiger partial charge in [-0.15, -0.1) is 0 Å². The van der Waals surface area contributed by atoms with Crippen LogP contribution in [0.3, 0.4) is 0 Å². The molecule has 0 aliphatic carbocycles. The molecular weight excluding hydrogens is 264 g/mol. The van der Waals surface area contributed by atoms with Crippen molar-refractivity contribution >= 4 is 16.9 Å². The summed E-state index contributed by atoms with van der Waals surface area (Å²) < 4.78 is 0. The molecule has 0 fully saturated rings. The van der Waals surface area contributed by atoms with Crippen molar-refractivity contribution in [2.24, 2.45) is 0 Å². The summed E-state index contributed by atoms with van der Waals surface area (Å²) in [6, 6.07) is 16.5. The fourth-order valence-electron chi connectivity index (χ4n) is 2.51. The molecule has 3 aromatic rings. The second-order valence-electron chi connectivity index (χ2n) is 4.92. The molecule has 0 amide bonds. The first kappa shape index (κ1) is 13.4. The van der Waals surface area contributed by atoms with E-state index in [1.807, 2.05) is 60.8 Å². The minimum atomic E-state index is -0.873. The van der Waals surface area contributed by atoms with E-state index >= 15 is 0 Å². The van der Waals surface area contributed by atoms with E-state index in [1.54, 1.807) is 0 Å². The molecular formula is C17H16N2O2. The number of rotatable bonds is 5. The van der Waals surface area contributed by atoms with Gasteiger partial charge in [0.25, 0.3) is 0 Å². The van der Waals surface area contributed by atoms with Gasteiger partial charge in [-0.25, -0.2) is 0 Å². The van der Waals surface area contributed by atoms with E-state index in [9.17, 15) is 9.90 Å². The molecule has 2 aromatic carbocycles. The Labute approximate surface area is 122 Å². The summed E-state index contributed by atoms with van der Waals surface area (Å²) in [7, 11) is 0. The molecule has 0 bridgehead atoms. The van der Waals surface area contributed by atoms with E-state index in [1.165, 1.54) is 0 Å². The van der Waals surface area contributed by atoms with Crippen molar-refractivity contribution in [3.63, 3.8) is 0 Å². The highest BCUT2D eigenvalue weighted by molar-refractivity contribution is 5.83. The quantitative estimate of drug-likeness (QED) is 0.673. The lowest BCUT2D eigenvalue weighted by atomic mass is 10.1. The molecule has 0 aliphatic heterocycles. The summed E-state index contributed by atoms with van der Waals surface area (Å²) in [6.07, 6.45) is 1.89. The van der Waals surface area contributed by atoms with Crippen molar-refractivity contribution < 1.29 is 9.90 Å². The van der Waals surface area contributed by atoms with Crippen LogP contribution in [0.15, 0.2) is 60.8 Å². The predicted octanol–water partition coefficient (Wildman–Crippen LogP) is 3.08. The van der Waals surface area contributed by atoms with Crippen molar-refractivity contribution in [3.8, 4) is 0 Å². The van der Waals surface area contributed by atoms with Crippen LogP contribution in [-0.2, 0) is 11.3 Å². The Morgan fingerprint density at radius 1 is 1.10 bits per heavy atom. The van der Waals surface area contributed by atoms with Gasteiger partial charge in [0.1, 0.15) is 6.04 Å². The molecule has 4 nitrogen and oxygen atoms in total. The zero-order chi connectivity index (χ0) is 14.7. The van der Waals surface area contributed by atoms with Gasteiger partial charge in [0.2, 0.25) is 0 Å². The van der Waals surface area contributed by atoms with Gasteiger partial charge in [0, 0.05) is 23.6 Å². The third-order valence-corrected chi connectivity index (χ3v) is 3.56. The number of aliphatic carboxylic acids is 1. The van der Waals surface area contributed by atoms with Crippen LogP contribution in [0.25, 0.3) is 10.9 Å². The Bertz CT molecular complexity index is 750. The van der Waals surface area contributed by atoms with Gasteiger partial charge >= 0.3 is 5.97 Å². The van der Waals surface area contributed by atoms with E-state index < -0.39 is 12.0 Å². The van der Waals surface area contributed by atoms with Gasteiger partial charge < -0.3 is 10.1 Å². The average molecular weight is 280 g/mol. The summed E-state index contributed by atoms with van der Waals surface area (Å²) in [4.78, 5) is 14.6. The average Bonchev–Trinajstić information content (AvgIpc) is 2.97. The van der Waals surface area contributed by atoms with Crippen LogP contribution in [0.4, 0.5) is 0 Å². The minimum Gasteiger partial charge on any atom is -0.480 e. The summed E-state index contributed by atoms with van der Waals surface area (Å²) in [5, 5.41) is 13.6. The Balaban J connectivity index is 1.82. The Morgan fingerprint density at radius 2 is 1.90 bits per heavy atom. The molecule has 21 heavy (non-hydrogen) atoms. The molecule has 4 heteroatoms. The van der Waals surface area contributed by atoms with E-state index in [-0.39, 0.29) is 0 Å². The Hall–Kier alpha value is -2.59. The lowest BCUT2D eigenvalue weighted by Crippen LogP contribution is -2.28. The number of aromatic nitrogens is 1. The third kappa shape index (κ3) is 2.80. The highest BCUT2D eigenvalue weighted by atomic mass is 16.4. The molecule has 1 unspecified atom stereocenters. The molecule has 0 saturated heterocycles. The summed E-state index contributed by atoms with van der Waals surface area (Å²) >= 11 is 0. The number of fused-ring (bicyclic) bond motifs is 1. The molecule has 0 spiro atoms. The lowest BCUT2D eigenvalue weighted by Gasteiger charge is -2.15. The van der Waals surface area contributed by atoms with Gasteiger partial charge in [0.05, 0.1) is 0 Å². The normalized spacial score (nSPS) is 12.4. The highest BCUT2D eigenvalue weighted by Gasteiger charge is 2.18. The number of carboxylic acids is 1. The van der Waals surface area contributed by atoms with Gasteiger partial charge in [-0.3, -0.25) is 10.1 Å². The van der Waals surface area contributed by atoms with Crippen molar-refractivity contribution in [2.45, 2.75) is 12.6 Å². The maximum atomic E-state index is 11.5. The summed E-state index contributed by atoms with van der Waals surface area (Å²) in [5.74, 6) is -0.873. The number of benzene rings is 2. The van der Waals surface area contributed by atoms with Gasteiger partial charge in [-0.1, -0.05) is 42.5 Å². The molecule has 0 saturated carbocycles. The van der Waals surface area contributed by atoms with Crippen LogP contribution in [0, 0.1) is 0 Å². The molecule has 106 valence electrons. The lowest BCUT2D eigenvalue weighted by molar-refractivity contribution is -0.139. The Kier molecular flexibility index (Phi) is 3.71. The monoisotopic (exact) mass is 280 g/mol. The predicted molar refractivity (Wildman–Crippen MR) is 82.0 cm³/mol. The SMILES string of the molecule is O=C(O)C(NCc1cccc2[nH]ccc12)c1ccccc1. The number of carbonyl (C=O) groups is 1. The molecule has 3 rings (SSSR count). The first-order valence-corrected chi connectivity index (χ1v) is 6.82. The van der Waals surface area contributed by atoms with Crippen LogP contribution in [0.5, 0.6) is 0 Å². The number of nitrogens with one attached hydrogen (secondary N) is 2. The van der Waals surface area contributed by atoms with E-state index in [2.05, 4.69) is 10.3 Å². The first-order chi connectivity index (χ1) is 10.3. The number of H-pyrrole nitrogens is 1. The van der Waals surface area contributed by atoms with Crippen LogP contribution in [0.1, 0.15) is 17.2 Å². The molecule has 0 radical (unpaired) electrons. The fraction of sp³-hybridized carbons (Fsp3) is 0.118. The molecule has 1 atom stereocenters. The largest absolute Gasteiger partial charge is 0.480 e. The Morgan fingerprint density at radius 3 is 2.67 bits per heavy atom. The van der Waals surface area contributed by atoms with Crippen LogP contribution >= 0.6 is 0 Å². The molecule has 1 heterocycles. The highest BCUT2D eigenvalue weighted by Crippen LogP contribution is 2.19. The van der Waals surface area contributed by atoms with Crippen molar-refractivity contribution in [2.75, 3.05) is 0 Å². The number of aromatic amines is 1.